The van der Waals surface area contributed by atoms with E-state index in [0.717, 1.165) is 38.0 Å². The number of hydrogen-bond donors (Lipinski definition) is 2. The van der Waals surface area contributed by atoms with E-state index in [0.29, 0.717) is 24.1 Å². The first kappa shape index (κ1) is 16.2. The van der Waals surface area contributed by atoms with Gasteiger partial charge in [-0.25, -0.2) is 0 Å². The zero-order chi connectivity index (χ0) is 17.1. The summed E-state index contributed by atoms with van der Waals surface area (Å²) >= 11 is 0. The number of aromatic hydroxyl groups is 1. The summed E-state index contributed by atoms with van der Waals surface area (Å²) < 4.78 is 10.7. The molecule has 2 aliphatic heterocycles. The number of nitrogens with zero attached hydrogens (tertiary/aromatic N) is 1. The molecule has 0 atom stereocenters. The van der Waals surface area contributed by atoms with E-state index in [1.54, 1.807) is 6.07 Å². The Labute approximate surface area is 148 Å². The van der Waals surface area contributed by atoms with Crippen LogP contribution >= 0.6 is 0 Å². The van der Waals surface area contributed by atoms with Crippen molar-refractivity contribution in [1.82, 2.24) is 10.2 Å². The minimum absolute atomic E-state index is 0.228. The fourth-order valence-corrected chi connectivity index (χ4v) is 3.51. The van der Waals surface area contributed by atoms with Crippen molar-refractivity contribution in [3.8, 4) is 17.2 Å². The lowest BCUT2D eigenvalue weighted by Crippen LogP contribution is -2.41. The topological polar surface area (TPSA) is 54.0 Å². The molecule has 4 rings (SSSR count). The highest BCUT2D eigenvalue weighted by Crippen LogP contribution is 2.37. The van der Waals surface area contributed by atoms with E-state index in [1.165, 1.54) is 5.56 Å². The van der Waals surface area contributed by atoms with E-state index in [9.17, 15) is 5.11 Å². The van der Waals surface area contributed by atoms with Gasteiger partial charge >= 0.3 is 0 Å². The fourth-order valence-electron chi connectivity index (χ4n) is 3.51. The lowest BCUT2D eigenvalue weighted by atomic mass is 10.0. The Morgan fingerprint density at radius 3 is 2.52 bits per heavy atom. The second kappa shape index (κ2) is 7.33. The summed E-state index contributed by atoms with van der Waals surface area (Å²) in [5, 5.41) is 13.7. The van der Waals surface area contributed by atoms with E-state index < -0.39 is 0 Å². The molecule has 0 amide bonds. The number of likely N-dealkylation sites (tertiary alicyclic amines) is 1. The molecule has 2 aliphatic rings. The predicted molar refractivity (Wildman–Crippen MR) is 95.8 cm³/mol. The Kier molecular flexibility index (Phi) is 4.76. The van der Waals surface area contributed by atoms with Crippen LogP contribution in [0.4, 0.5) is 0 Å². The Morgan fingerprint density at radius 1 is 1.04 bits per heavy atom. The van der Waals surface area contributed by atoms with Crippen LogP contribution in [-0.4, -0.2) is 35.9 Å². The van der Waals surface area contributed by atoms with Crippen molar-refractivity contribution in [2.75, 3.05) is 19.9 Å². The van der Waals surface area contributed by atoms with Crippen molar-refractivity contribution < 1.29 is 14.6 Å². The summed E-state index contributed by atoms with van der Waals surface area (Å²) in [4.78, 5) is 2.51. The number of rotatable bonds is 5. The van der Waals surface area contributed by atoms with Crippen LogP contribution in [0.1, 0.15) is 24.0 Å². The van der Waals surface area contributed by atoms with E-state index in [2.05, 4.69) is 40.5 Å². The third-order valence-electron chi connectivity index (χ3n) is 4.99. The summed E-state index contributed by atoms with van der Waals surface area (Å²) in [6.07, 6.45) is 2.25. The summed E-state index contributed by atoms with van der Waals surface area (Å²) in [5.41, 5.74) is 2.23. The van der Waals surface area contributed by atoms with Crippen LogP contribution in [0.15, 0.2) is 42.5 Å². The largest absolute Gasteiger partial charge is 0.507 e. The number of benzene rings is 2. The van der Waals surface area contributed by atoms with Gasteiger partial charge in [-0.05, 0) is 37.6 Å². The van der Waals surface area contributed by atoms with Gasteiger partial charge in [0, 0.05) is 30.8 Å². The van der Waals surface area contributed by atoms with E-state index >= 15 is 0 Å². The van der Waals surface area contributed by atoms with Gasteiger partial charge in [-0.3, -0.25) is 4.90 Å². The summed E-state index contributed by atoms with van der Waals surface area (Å²) in [5.74, 6) is 1.60. The zero-order valence-electron chi connectivity index (χ0n) is 14.3. The number of hydrogen-bond acceptors (Lipinski definition) is 5. The van der Waals surface area contributed by atoms with Crippen LogP contribution < -0.4 is 14.8 Å². The minimum Gasteiger partial charge on any atom is -0.507 e. The third kappa shape index (κ3) is 3.89. The van der Waals surface area contributed by atoms with Crippen molar-refractivity contribution in [1.29, 1.82) is 0 Å². The van der Waals surface area contributed by atoms with Crippen LogP contribution in [0.25, 0.3) is 0 Å². The van der Waals surface area contributed by atoms with E-state index in [4.69, 9.17) is 9.47 Å². The Morgan fingerprint density at radius 2 is 1.76 bits per heavy atom. The van der Waals surface area contributed by atoms with Crippen molar-refractivity contribution in [2.24, 2.45) is 0 Å². The van der Waals surface area contributed by atoms with Crippen molar-refractivity contribution >= 4 is 0 Å². The SMILES string of the molecule is Oc1cc2c(cc1CNC1CCN(Cc3ccccc3)CC1)OCO2. The maximum atomic E-state index is 10.1. The van der Waals surface area contributed by atoms with Gasteiger partial charge in [0.25, 0.3) is 0 Å². The number of nitrogens with one attached hydrogen (secondary N) is 1. The average Bonchev–Trinajstić information content (AvgIpc) is 3.09. The molecule has 0 aliphatic carbocycles. The minimum atomic E-state index is 0.228. The van der Waals surface area contributed by atoms with Crippen LogP contribution in [0, 0.1) is 0 Å². The highest BCUT2D eigenvalue weighted by atomic mass is 16.7. The molecule has 2 heterocycles. The molecule has 1 fully saturated rings. The molecule has 1 saturated heterocycles. The number of piperidine rings is 1. The van der Waals surface area contributed by atoms with Gasteiger partial charge in [-0.1, -0.05) is 30.3 Å². The van der Waals surface area contributed by atoms with Crippen molar-refractivity contribution in [3.63, 3.8) is 0 Å². The second-order valence-electron chi connectivity index (χ2n) is 6.75. The van der Waals surface area contributed by atoms with Crippen LogP contribution in [0.5, 0.6) is 17.2 Å². The molecule has 25 heavy (non-hydrogen) atoms. The van der Waals surface area contributed by atoms with Gasteiger partial charge in [0.2, 0.25) is 6.79 Å². The van der Waals surface area contributed by atoms with Gasteiger partial charge in [0.1, 0.15) is 5.75 Å². The van der Waals surface area contributed by atoms with E-state index in [-0.39, 0.29) is 12.5 Å². The van der Waals surface area contributed by atoms with Gasteiger partial charge in [-0.2, -0.15) is 0 Å². The quantitative estimate of drug-likeness (QED) is 0.877. The number of ether oxygens (including phenoxy) is 2. The van der Waals surface area contributed by atoms with Crippen molar-refractivity contribution in [2.45, 2.75) is 32.0 Å². The maximum absolute atomic E-state index is 10.1. The molecule has 0 saturated carbocycles. The molecule has 0 unspecified atom stereocenters. The Hall–Kier alpha value is -2.24. The number of fused-ring (bicyclic) bond motifs is 1. The third-order valence-corrected chi connectivity index (χ3v) is 4.99. The molecule has 0 bridgehead atoms. The standard InChI is InChI=1S/C20H24N2O3/c23-18-11-20-19(24-14-25-20)10-16(18)12-21-17-6-8-22(9-7-17)13-15-4-2-1-3-5-15/h1-5,10-11,17,21,23H,6-9,12-14H2. The first-order chi connectivity index (χ1) is 12.3. The second-order valence-corrected chi connectivity index (χ2v) is 6.75. The lowest BCUT2D eigenvalue weighted by molar-refractivity contribution is 0.174. The van der Waals surface area contributed by atoms with Crippen LogP contribution in [-0.2, 0) is 13.1 Å². The number of phenols is 1. The monoisotopic (exact) mass is 340 g/mol. The molecule has 2 N–H and O–H groups in total. The van der Waals surface area contributed by atoms with Crippen LogP contribution in [0.3, 0.4) is 0 Å². The van der Waals surface area contributed by atoms with Gasteiger partial charge in [0.15, 0.2) is 11.5 Å². The summed E-state index contributed by atoms with van der Waals surface area (Å²) in [7, 11) is 0. The van der Waals surface area contributed by atoms with E-state index in [1.807, 2.05) is 6.07 Å². The summed E-state index contributed by atoms with van der Waals surface area (Å²) in [6, 6.07) is 14.6. The molecule has 0 spiro atoms. The molecular weight excluding hydrogens is 316 g/mol. The van der Waals surface area contributed by atoms with Crippen molar-refractivity contribution in [3.05, 3.63) is 53.6 Å². The first-order valence-corrected chi connectivity index (χ1v) is 8.89. The highest BCUT2D eigenvalue weighted by Gasteiger charge is 2.21. The Bertz CT molecular complexity index is 712. The molecule has 5 heteroatoms. The van der Waals surface area contributed by atoms with Gasteiger partial charge in [-0.15, -0.1) is 0 Å². The molecule has 2 aromatic rings. The Balaban J connectivity index is 1.27. The fraction of sp³-hybridized carbons (Fsp3) is 0.400. The number of phenolic OH excluding ortho intramolecular Hbond substituents is 1. The highest BCUT2D eigenvalue weighted by molar-refractivity contribution is 5.51. The maximum Gasteiger partial charge on any atom is 0.231 e. The molecule has 5 nitrogen and oxygen atoms in total. The zero-order valence-corrected chi connectivity index (χ0v) is 14.3. The van der Waals surface area contributed by atoms with Gasteiger partial charge in [0.05, 0.1) is 0 Å². The normalized spacial score (nSPS) is 17.8. The molecular formula is C20H24N2O3. The van der Waals surface area contributed by atoms with Gasteiger partial charge < -0.3 is 19.9 Å². The summed E-state index contributed by atoms with van der Waals surface area (Å²) in [6.45, 7) is 4.09. The van der Waals surface area contributed by atoms with Crippen LogP contribution in [0.2, 0.25) is 0 Å². The first-order valence-electron chi connectivity index (χ1n) is 8.89. The molecule has 132 valence electrons. The molecule has 2 aromatic carbocycles. The average molecular weight is 340 g/mol. The molecule has 0 radical (unpaired) electrons. The predicted octanol–water partition coefficient (Wildman–Crippen LogP) is 2.88. The molecule has 0 aromatic heterocycles. The smallest absolute Gasteiger partial charge is 0.231 e. The lowest BCUT2D eigenvalue weighted by Gasteiger charge is -2.32.